The molecule has 6 heteroatoms. The molecule has 0 bridgehead atoms. The lowest BCUT2D eigenvalue weighted by atomic mass is 10.1. The minimum atomic E-state index is -4.34. The Kier molecular flexibility index (Phi) is 5.36. The minimum absolute atomic E-state index is 0.0283. The van der Waals surface area contributed by atoms with Crippen LogP contribution in [0.5, 0.6) is 0 Å². The molecule has 2 aromatic heterocycles. The highest BCUT2D eigenvalue weighted by molar-refractivity contribution is 7.09. The van der Waals surface area contributed by atoms with Gasteiger partial charge in [0.1, 0.15) is 0 Å². The van der Waals surface area contributed by atoms with E-state index in [2.05, 4.69) is 16.4 Å². The van der Waals surface area contributed by atoms with E-state index in [4.69, 9.17) is 0 Å². The number of rotatable bonds is 6. The van der Waals surface area contributed by atoms with Crippen LogP contribution in [-0.2, 0) is 12.6 Å². The number of hydrogen-bond donors (Lipinski definition) is 1. The van der Waals surface area contributed by atoms with E-state index in [0.29, 0.717) is 5.69 Å². The Balaban J connectivity index is 2.06. The Labute approximate surface area is 126 Å². The van der Waals surface area contributed by atoms with Gasteiger partial charge in [-0.2, -0.15) is 13.2 Å². The maximum atomic E-state index is 12.5. The van der Waals surface area contributed by atoms with Gasteiger partial charge in [-0.3, -0.25) is 4.98 Å². The Hall–Kier alpha value is -1.40. The zero-order chi connectivity index (χ0) is 15.3. The number of halogens is 3. The number of pyridine rings is 1. The SMILES string of the molecule is CCNC(CCc1cccs1)c1ccc(C(F)(F)F)cn1. The third-order valence-electron chi connectivity index (χ3n) is 3.18. The van der Waals surface area contributed by atoms with Crippen LogP contribution in [0, 0.1) is 0 Å². The van der Waals surface area contributed by atoms with Gasteiger partial charge in [0.15, 0.2) is 0 Å². The van der Waals surface area contributed by atoms with E-state index in [0.717, 1.165) is 31.6 Å². The summed E-state index contributed by atoms with van der Waals surface area (Å²) in [6.07, 6.45) is -1.73. The van der Waals surface area contributed by atoms with Crippen LogP contribution in [0.25, 0.3) is 0 Å². The van der Waals surface area contributed by atoms with Gasteiger partial charge in [0.2, 0.25) is 0 Å². The fraction of sp³-hybridized carbons (Fsp3) is 0.400. The predicted octanol–water partition coefficient (Wildman–Crippen LogP) is 4.45. The van der Waals surface area contributed by atoms with Crippen molar-refractivity contribution < 1.29 is 13.2 Å². The number of nitrogens with one attached hydrogen (secondary N) is 1. The molecule has 0 aliphatic carbocycles. The maximum Gasteiger partial charge on any atom is 0.417 e. The monoisotopic (exact) mass is 314 g/mol. The largest absolute Gasteiger partial charge is 0.417 e. The fourth-order valence-electron chi connectivity index (χ4n) is 2.12. The lowest BCUT2D eigenvalue weighted by molar-refractivity contribution is -0.137. The predicted molar refractivity (Wildman–Crippen MR) is 78.3 cm³/mol. The summed E-state index contributed by atoms with van der Waals surface area (Å²) in [6, 6.07) is 6.59. The molecule has 0 fully saturated rings. The average molecular weight is 314 g/mol. The van der Waals surface area contributed by atoms with E-state index in [1.54, 1.807) is 11.3 Å². The highest BCUT2D eigenvalue weighted by atomic mass is 32.1. The molecule has 2 aromatic rings. The fourth-order valence-corrected chi connectivity index (χ4v) is 2.85. The van der Waals surface area contributed by atoms with Crippen molar-refractivity contribution in [2.24, 2.45) is 0 Å². The van der Waals surface area contributed by atoms with Gasteiger partial charge in [-0.05, 0) is 43.0 Å². The van der Waals surface area contributed by atoms with Crippen LogP contribution in [0.15, 0.2) is 35.8 Å². The summed E-state index contributed by atoms with van der Waals surface area (Å²) in [5.74, 6) is 0. The summed E-state index contributed by atoms with van der Waals surface area (Å²) in [7, 11) is 0. The van der Waals surface area contributed by atoms with Gasteiger partial charge in [-0.1, -0.05) is 13.0 Å². The summed E-state index contributed by atoms with van der Waals surface area (Å²) in [5.41, 5.74) is -0.0545. The molecule has 1 N–H and O–H groups in total. The van der Waals surface area contributed by atoms with Crippen LogP contribution in [-0.4, -0.2) is 11.5 Å². The van der Waals surface area contributed by atoms with E-state index in [1.807, 2.05) is 18.4 Å². The first-order chi connectivity index (χ1) is 10.0. The van der Waals surface area contributed by atoms with E-state index < -0.39 is 11.7 Å². The zero-order valence-electron chi connectivity index (χ0n) is 11.7. The second-order valence-electron chi connectivity index (χ2n) is 4.70. The molecule has 0 aliphatic heterocycles. The molecule has 0 amide bonds. The Morgan fingerprint density at radius 3 is 2.62 bits per heavy atom. The molecule has 0 radical (unpaired) electrons. The topological polar surface area (TPSA) is 24.9 Å². The molecule has 2 heterocycles. The van der Waals surface area contributed by atoms with Gasteiger partial charge < -0.3 is 5.32 Å². The maximum absolute atomic E-state index is 12.5. The van der Waals surface area contributed by atoms with Crippen molar-refractivity contribution in [3.05, 3.63) is 52.0 Å². The van der Waals surface area contributed by atoms with Crippen LogP contribution in [0.3, 0.4) is 0 Å². The normalized spacial score (nSPS) is 13.3. The number of nitrogens with zero attached hydrogens (tertiary/aromatic N) is 1. The van der Waals surface area contributed by atoms with Crippen molar-refractivity contribution in [1.29, 1.82) is 0 Å². The highest BCUT2D eigenvalue weighted by Crippen LogP contribution is 2.29. The summed E-state index contributed by atoms with van der Waals surface area (Å²) in [5, 5.41) is 5.30. The molecule has 2 rings (SSSR count). The lowest BCUT2D eigenvalue weighted by Gasteiger charge is -2.17. The number of alkyl halides is 3. The Bertz CT molecular complexity index is 535. The second-order valence-corrected chi connectivity index (χ2v) is 5.73. The smallest absolute Gasteiger partial charge is 0.309 e. The number of aromatic nitrogens is 1. The molecule has 0 aromatic carbocycles. The molecule has 21 heavy (non-hydrogen) atoms. The van der Waals surface area contributed by atoms with Gasteiger partial charge in [0.05, 0.1) is 11.3 Å². The number of hydrogen-bond acceptors (Lipinski definition) is 3. The second kappa shape index (κ2) is 7.04. The molecule has 114 valence electrons. The van der Waals surface area contributed by atoms with Crippen molar-refractivity contribution >= 4 is 11.3 Å². The molecule has 2 nitrogen and oxygen atoms in total. The first-order valence-corrected chi connectivity index (χ1v) is 7.67. The molecule has 0 saturated heterocycles. The van der Waals surface area contributed by atoms with Crippen LogP contribution in [0.1, 0.15) is 35.5 Å². The molecule has 0 saturated carbocycles. The first kappa shape index (κ1) is 16.0. The molecule has 0 aliphatic rings. The quantitative estimate of drug-likeness (QED) is 0.852. The van der Waals surface area contributed by atoms with E-state index >= 15 is 0 Å². The minimum Gasteiger partial charge on any atom is -0.309 e. The number of thiophene rings is 1. The van der Waals surface area contributed by atoms with Crippen molar-refractivity contribution in [2.45, 2.75) is 32.0 Å². The number of aryl methyl sites for hydroxylation is 1. The lowest BCUT2D eigenvalue weighted by Crippen LogP contribution is -2.22. The Morgan fingerprint density at radius 2 is 2.10 bits per heavy atom. The molecule has 0 spiro atoms. The van der Waals surface area contributed by atoms with Crippen LogP contribution in [0.2, 0.25) is 0 Å². The van der Waals surface area contributed by atoms with Crippen molar-refractivity contribution in [3.8, 4) is 0 Å². The summed E-state index contributed by atoms with van der Waals surface area (Å²) in [4.78, 5) is 5.25. The van der Waals surface area contributed by atoms with Gasteiger partial charge >= 0.3 is 6.18 Å². The molecule has 1 unspecified atom stereocenters. The third-order valence-corrected chi connectivity index (χ3v) is 4.12. The van der Waals surface area contributed by atoms with Crippen LogP contribution in [0.4, 0.5) is 13.2 Å². The van der Waals surface area contributed by atoms with Gasteiger partial charge in [0, 0.05) is 17.1 Å². The highest BCUT2D eigenvalue weighted by Gasteiger charge is 2.30. The van der Waals surface area contributed by atoms with Gasteiger partial charge in [-0.25, -0.2) is 0 Å². The summed E-state index contributed by atoms with van der Waals surface area (Å²) >= 11 is 1.69. The third kappa shape index (κ3) is 4.54. The van der Waals surface area contributed by atoms with Crippen LogP contribution < -0.4 is 5.32 Å². The summed E-state index contributed by atoms with van der Waals surface area (Å²) < 4.78 is 37.6. The summed E-state index contributed by atoms with van der Waals surface area (Å²) in [6.45, 7) is 2.72. The molecular formula is C15H17F3N2S. The van der Waals surface area contributed by atoms with Crippen molar-refractivity contribution in [1.82, 2.24) is 10.3 Å². The standard InChI is InChI=1S/C15H17F3N2S/c1-2-19-13(8-6-12-4-3-9-21-12)14-7-5-11(10-20-14)15(16,17)18/h3-5,7,9-10,13,19H,2,6,8H2,1H3. The van der Waals surface area contributed by atoms with Crippen molar-refractivity contribution in [3.63, 3.8) is 0 Å². The van der Waals surface area contributed by atoms with Crippen molar-refractivity contribution in [2.75, 3.05) is 6.54 Å². The zero-order valence-corrected chi connectivity index (χ0v) is 12.5. The van der Waals surface area contributed by atoms with Gasteiger partial charge in [-0.15, -0.1) is 11.3 Å². The molecule has 1 atom stereocenters. The Morgan fingerprint density at radius 1 is 1.29 bits per heavy atom. The van der Waals surface area contributed by atoms with E-state index in [1.165, 1.54) is 10.9 Å². The van der Waals surface area contributed by atoms with Crippen LogP contribution >= 0.6 is 11.3 Å². The first-order valence-electron chi connectivity index (χ1n) is 6.79. The van der Waals surface area contributed by atoms with E-state index in [9.17, 15) is 13.2 Å². The average Bonchev–Trinajstić information content (AvgIpc) is 2.96. The van der Waals surface area contributed by atoms with Gasteiger partial charge in [0.25, 0.3) is 0 Å². The van der Waals surface area contributed by atoms with E-state index in [-0.39, 0.29) is 6.04 Å². The molecular weight excluding hydrogens is 297 g/mol.